The Kier molecular flexibility index (Phi) is 3.60. The van der Waals surface area contributed by atoms with Crippen LogP contribution in [-0.2, 0) is 6.42 Å². The van der Waals surface area contributed by atoms with Crippen LogP contribution in [0.5, 0.6) is 0 Å². The number of anilines is 2. The normalized spacial score (nSPS) is 13.7. The molecule has 3 nitrogen and oxygen atoms in total. The highest BCUT2D eigenvalue weighted by Gasteiger charge is 2.25. The molecule has 21 heavy (non-hydrogen) atoms. The number of nitrogens with one attached hydrogen (secondary N) is 1. The molecule has 0 aliphatic carbocycles. The van der Waals surface area contributed by atoms with Crippen LogP contribution in [-0.4, -0.2) is 19.5 Å². The summed E-state index contributed by atoms with van der Waals surface area (Å²) in [5.41, 5.74) is 3.08. The second-order valence-corrected chi connectivity index (χ2v) is 5.13. The summed E-state index contributed by atoms with van der Waals surface area (Å²) in [6.45, 7) is 0.618. The first-order valence-electron chi connectivity index (χ1n) is 7.08. The molecule has 2 aromatic rings. The molecule has 0 radical (unpaired) electrons. The van der Waals surface area contributed by atoms with Crippen molar-refractivity contribution in [2.24, 2.45) is 0 Å². The van der Waals surface area contributed by atoms with Crippen LogP contribution >= 0.6 is 0 Å². The summed E-state index contributed by atoms with van der Waals surface area (Å²) in [4.78, 5) is 14.3. The van der Waals surface area contributed by atoms with E-state index in [9.17, 15) is 9.18 Å². The Morgan fingerprint density at radius 1 is 1.24 bits per heavy atom. The largest absolute Gasteiger partial charge is 0.388 e. The molecule has 0 aromatic heterocycles. The molecular weight excluding hydrogens is 267 g/mol. The van der Waals surface area contributed by atoms with Gasteiger partial charge >= 0.3 is 0 Å². The zero-order chi connectivity index (χ0) is 14.8. The SMILES string of the molecule is CNc1ccc2c(c1)N(C(=O)c1ccccc1F)CCC2. The summed E-state index contributed by atoms with van der Waals surface area (Å²) in [6.07, 6.45) is 1.84. The highest BCUT2D eigenvalue weighted by Crippen LogP contribution is 2.31. The van der Waals surface area contributed by atoms with Gasteiger partial charge in [-0.05, 0) is 42.7 Å². The van der Waals surface area contributed by atoms with Gasteiger partial charge in [0, 0.05) is 25.0 Å². The Morgan fingerprint density at radius 2 is 2.05 bits per heavy atom. The van der Waals surface area contributed by atoms with E-state index in [4.69, 9.17) is 0 Å². The van der Waals surface area contributed by atoms with Crippen molar-refractivity contribution in [3.8, 4) is 0 Å². The van der Waals surface area contributed by atoms with Crippen molar-refractivity contribution in [3.05, 3.63) is 59.4 Å². The van der Waals surface area contributed by atoms with Gasteiger partial charge in [0.15, 0.2) is 0 Å². The molecule has 1 aliphatic rings. The Balaban J connectivity index is 2.02. The predicted octanol–water partition coefficient (Wildman–Crippen LogP) is 3.46. The molecule has 4 heteroatoms. The molecule has 0 saturated heterocycles. The molecule has 0 fully saturated rings. The number of hydrogen-bond donors (Lipinski definition) is 1. The zero-order valence-corrected chi connectivity index (χ0v) is 11.9. The van der Waals surface area contributed by atoms with Crippen LogP contribution in [0.25, 0.3) is 0 Å². The van der Waals surface area contributed by atoms with Gasteiger partial charge < -0.3 is 10.2 Å². The van der Waals surface area contributed by atoms with Crippen molar-refractivity contribution in [2.45, 2.75) is 12.8 Å². The molecule has 3 rings (SSSR count). The van der Waals surface area contributed by atoms with Gasteiger partial charge in [-0.1, -0.05) is 18.2 Å². The number of amides is 1. The Hall–Kier alpha value is -2.36. The number of carbonyl (C=O) groups is 1. The van der Waals surface area contributed by atoms with Crippen molar-refractivity contribution < 1.29 is 9.18 Å². The molecule has 1 aliphatic heterocycles. The highest BCUT2D eigenvalue weighted by molar-refractivity contribution is 6.07. The van der Waals surface area contributed by atoms with E-state index in [2.05, 4.69) is 5.32 Å². The van der Waals surface area contributed by atoms with Crippen molar-refractivity contribution in [2.75, 3.05) is 23.8 Å². The first-order valence-corrected chi connectivity index (χ1v) is 7.08. The average molecular weight is 284 g/mol. The van der Waals surface area contributed by atoms with E-state index in [1.165, 1.54) is 12.1 Å². The van der Waals surface area contributed by atoms with Crippen LogP contribution in [0, 0.1) is 5.82 Å². The third-order valence-corrected chi connectivity index (χ3v) is 3.84. The third-order valence-electron chi connectivity index (χ3n) is 3.84. The van der Waals surface area contributed by atoms with Crippen LogP contribution in [0.1, 0.15) is 22.3 Å². The summed E-state index contributed by atoms with van der Waals surface area (Å²) in [6, 6.07) is 12.1. The van der Waals surface area contributed by atoms with Gasteiger partial charge in [-0.25, -0.2) is 4.39 Å². The van der Waals surface area contributed by atoms with E-state index in [-0.39, 0.29) is 11.5 Å². The fraction of sp³-hybridized carbons (Fsp3) is 0.235. The van der Waals surface area contributed by atoms with Gasteiger partial charge in [0.05, 0.1) is 5.56 Å². The number of nitrogens with zero attached hydrogens (tertiary/aromatic N) is 1. The second-order valence-electron chi connectivity index (χ2n) is 5.13. The number of halogens is 1. The van der Waals surface area contributed by atoms with E-state index >= 15 is 0 Å². The number of rotatable bonds is 2. The van der Waals surface area contributed by atoms with E-state index < -0.39 is 5.82 Å². The Morgan fingerprint density at radius 3 is 2.81 bits per heavy atom. The molecule has 0 spiro atoms. The predicted molar refractivity (Wildman–Crippen MR) is 82.4 cm³/mol. The van der Waals surface area contributed by atoms with Crippen LogP contribution in [0.2, 0.25) is 0 Å². The lowest BCUT2D eigenvalue weighted by Gasteiger charge is -2.30. The van der Waals surface area contributed by atoms with Gasteiger partial charge in [-0.2, -0.15) is 0 Å². The van der Waals surface area contributed by atoms with Crippen molar-refractivity contribution in [3.63, 3.8) is 0 Å². The minimum atomic E-state index is -0.473. The van der Waals surface area contributed by atoms with E-state index in [1.807, 2.05) is 25.2 Å². The summed E-state index contributed by atoms with van der Waals surface area (Å²) in [5.74, 6) is -0.748. The van der Waals surface area contributed by atoms with Gasteiger partial charge in [0.1, 0.15) is 5.82 Å². The molecule has 1 amide bonds. The highest BCUT2D eigenvalue weighted by atomic mass is 19.1. The lowest BCUT2D eigenvalue weighted by Crippen LogP contribution is -2.36. The summed E-state index contributed by atoms with van der Waals surface area (Å²) < 4.78 is 13.9. The maximum atomic E-state index is 13.9. The van der Waals surface area contributed by atoms with E-state index in [1.54, 1.807) is 17.0 Å². The first-order chi connectivity index (χ1) is 10.2. The van der Waals surface area contributed by atoms with Crippen molar-refractivity contribution >= 4 is 17.3 Å². The summed E-state index contributed by atoms with van der Waals surface area (Å²) in [7, 11) is 1.84. The maximum absolute atomic E-state index is 13.9. The molecule has 1 heterocycles. The van der Waals surface area contributed by atoms with Gasteiger partial charge in [0.2, 0.25) is 0 Å². The number of benzene rings is 2. The van der Waals surface area contributed by atoms with Crippen LogP contribution in [0.3, 0.4) is 0 Å². The molecule has 1 N–H and O–H groups in total. The molecule has 0 bridgehead atoms. The Labute approximate surface area is 123 Å². The number of fused-ring (bicyclic) bond motifs is 1. The Bertz CT molecular complexity index is 684. The second kappa shape index (κ2) is 5.56. The number of carbonyl (C=O) groups excluding carboxylic acids is 1. The van der Waals surface area contributed by atoms with Crippen LogP contribution in [0.15, 0.2) is 42.5 Å². The molecule has 2 aromatic carbocycles. The molecule has 0 atom stereocenters. The standard InChI is InChI=1S/C17H17FN2O/c1-19-13-9-8-12-5-4-10-20(16(12)11-13)17(21)14-6-2-3-7-15(14)18/h2-3,6-9,11,19H,4-5,10H2,1H3. The molecule has 108 valence electrons. The van der Waals surface area contributed by atoms with Crippen molar-refractivity contribution in [1.82, 2.24) is 0 Å². The smallest absolute Gasteiger partial charge is 0.261 e. The minimum Gasteiger partial charge on any atom is -0.388 e. The number of hydrogen-bond acceptors (Lipinski definition) is 2. The van der Waals surface area contributed by atoms with Gasteiger partial charge in [-0.3, -0.25) is 4.79 Å². The fourth-order valence-corrected chi connectivity index (χ4v) is 2.72. The maximum Gasteiger partial charge on any atom is 0.261 e. The first kappa shape index (κ1) is 13.6. The number of aryl methyl sites for hydroxylation is 1. The lowest BCUT2D eigenvalue weighted by atomic mass is 10.00. The van der Waals surface area contributed by atoms with Gasteiger partial charge in [0.25, 0.3) is 5.91 Å². The quantitative estimate of drug-likeness (QED) is 0.916. The zero-order valence-electron chi connectivity index (χ0n) is 11.9. The average Bonchev–Trinajstić information content (AvgIpc) is 2.53. The molecular formula is C17H17FN2O. The van der Waals surface area contributed by atoms with Crippen molar-refractivity contribution in [1.29, 1.82) is 0 Å². The lowest BCUT2D eigenvalue weighted by molar-refractivity contribution is 0.0981. The minimum absolute atomic E-state index is 0.125. The van der Waals surface area contributed by atoms with Gasteiger partial charge in [-0.15, -0.1) is 0 Å². The summed E-state index contributed by atoms with van der Waals surface area (Å²) >= 11 is 0. The van der Waals surface area contributed by atoms with E-state index in [0.29, 0.717) is 6.54 Å². The topological polar surface area (TPSA) is 32.3 Å². The summed E-state index contributed by atoms with van der Waals surface area (Å²) in [5, 5.41) is 3.08. The van der Waals surface area contributed by atoms with Crippen LogP contribution in [0.4, 0.5) is 15.8 Å². The fourth-order valence-electron chi connectivity index (χ4n) is 2.72. The molecule has 0 saturated carbocycles. The van der Waals surface area contributed by atoms with E-state index in [0.717, 1.165) is 29.8 Å². The molecule has 0 unspecified atom stereocenters. The third kappa shape index (κ3) is 2.49. The van der Waals surface area contributed by atoms with Crippen LogP contribution < -0.4 is 10.2 Å². The monoisotopic (exact) mass is 284 g/mol.